The first-order valence-corrected chi connectivity index (χ1v) is 5.28. The maximum atomic E-state index is 13.2. The summed E-state index contributed by atoms with van der Waals surface area (Å²) in [5.74, 6) is -0.455. The van der Waals surface area contributed by atoms with Crippen LogP contribution in [-0.4, -0.2) is 4.57 Å². The number of rotatable bonds is 2. The highest BCUT2D eigenvalue weighted by Gasteiger charge is 2.03. The summed E-state index contributed by atoms with van der Waals surface area (Å²) < 4.78 is 14.8. The lowest BCUT2D eigenvalue weighted by Gasteiger charge is -2.07. The number of halogens is 1. The Morgan fingerprint density at radius 1 is 1.35 bits per heavy atom. The van der Waals surface area contributed by atoms with E-state index >= 15 is 0 Å². The first-order valence-electron chi connectivity index (χ1n) is 5.28. The Morgan fingerprint density at radius 3 is 2.82 bits per heavy atom. The molecule has 0 unspecified atom stereocenters. The molecule has 2 N–H and O–H groups in total. The van der Waals surface area contributed by atoms with Gasteiger partial charge in [-0.05, 0) is 30.7 Å². The zero-order chi connectivity index (χ0) is 12.4. The summed E-state index contributed by atoms with van der Waals surface area (Å²) in [5, 5.41) is 0. The molecule has 2 rings (SSSR count). The van der Waals surface area contributed by atoms with Gasteiger partial charge in [-0.3, -0.25) is 4.79 Å². The Balaban J connectivity index is 2.35. The number of benzene rings is 1. The number of nitrogens with two attached hydrogens (primary N) is 1. The van der Waals surface area contributed by atoms with E-state index in [0.717, 1.165) is 0 Å². The second-order valence-corrected chi connectivity index (χ2v) is 3.98. The van der Waals surface area contributed by atoms with Crippen LogP contribution in [0.5, 0.6) is 0 Å². The van der Waals surface area contributed by atoms with Crippen molar-refractivity contribution in [2.24, 2.45) is 0 Å². The minimum atomic E-state index is -0.455. The molecule has 0 fully saturated rings. The summed E-state index contributed by atoms with van der Waals surface area (Å²) in [6.45, 7) is 2.10. The van der Waals surface area contributed by atoms with E-state index in [1.807, 2.05) is 0 Å². The van der Waals surface area contributed by atoms with Gasteiger partial charge in [-0.15, -0.1) is 0 Å². The van der Waals surface area contributed by atoms with Gasteiger partial charge in [-0.1, -0.05) is 12.1 Å². The summed E-state index contributed by atoms with van der Waals surface area (Å²) >= 11 is 0. The van der Waals surface area contributed by atoms with Gasteiger partial charge < -0.3 is 10.3 Å². The van der Waals surface area contributed by atoms with Crippen LogP contribution in [0.1, 0.15) is 11.1 Å². The third-order valence-electron chi connectivity index (χ3n) is 2.63. The monoisotopic (exact) mass is 232 g/mol. The zero-order valence-corrected chi connectivity index (χ0v) is 9.48. The first-order chi connectivity index (χ1) is 8.08. The molecule has 3 nitrogen and oxygen atoms in total. The van der Waals surface area contributed by atoms with Gasteiger partial charge in [0.05, 0.1) is 12.2 Å². The molecule has 0 aliphatic rings. The number of hydrogen-bond donors (Lipinski definition) is 1. The van der Waals surface area contributed by atoms with Gasteiger partial charge in [0.1, 0.15) is 5.82 Å². The molecule has 0 spiro atoms. The summed E-state index contributed by atoms with van der Waals surface area (Å²) in [6, 6.07) is 8.12. The van der Waals surface area contributed by atoms with E-state index in [0.29, 0.717) is 17.7 Å². The highest BCUT2D eigenvalue weighted by atomic mass is 19.1. The molecular formula is C13H13FN2O. The Labute approximate surface area is 98.3 Å². The van der Waals surface area contributed by atoms with Crippen LogP contribution < -0.4 is 11.3 Å². The third kappa shape index (κ3) is 2.36. The van der Waals surface area contributed by atoms with Crippen LogP contribution in [0.4, 0.5) is 10.1 Å². The normalized spacial score (nSPS) is 10.5. The van der Waals surface area contributed by atoms with Crippen molar-refractivity contribution in [2.45, 2.75) is 13.5 Å². The van der Waals surface area contributed by atoms with E-state index in [-0.39, 0.29) is 11.2 Å². The van der Waals surface area contributed by atoms with Crippen molar-refractivity contribution >= 4 is 5.69 Å². The van der Waals surface area contributed by atoms with E-state index in [2.05, 4.69) is 0 Å². The molecule has 0 amide bonds. The molecule has 17 heavy (non-hydrogen) atoms. The number of nitrogens with zero attached hydrogens (tertiary/aromatic N) is 1. The molecule has 2 aromatic rings. The number of pyridine rings is 1. The van der Waals surface area contributed by atoms with Crippen molar-refractivity contribution in [2.75, 3.05) is 5.73 Å². The average Bonchev–Trinajstić information content (AvgIpc) is 2.30. The molecule has 0 atom stereocenters. The first kappa shape index (κ1) is 11.4. The second-order valence-electron chi connectivity index (χ2n) is 3.98. The minimum absolute atomic E-state index is 0.0651. The van der Waals surface area contributed by atoms with Crippen LogP contribution in [-0.2, 0) is 6.54 Å². The van der Waals surface area contributed by atoms with E-state index < -0.39 is 5.82 Å². The van der Waals surface area contributed by atoms with Gasteiger partial charge >= 0.3 is 0 Å². The number of aromatic nitrogens is 1. The van der Waals surface area contributed by atoms with Gasteiger partial charge in [-0.2, -0.15) is 0 Å². The molecule has 4 heteroatoms. The molecule has 0 saturated heterocycles. The van der Waals surface area contributed by atoms with Crippen molar-refractivity contribution < 1.29 is 4.39 Å². The van der Waals surface area contributed by atoms with Gasteiger partial charge in [0.15, 0.2) is 0 Å². The molecule has 88 valence electrons. The van der Waals surface area contributed by atoms with Crippen molar-refractivity contribution in [3.8, 4) is 0 Å². The van der Waals surface area contributed by atoms with Crippen molar-refractivity contribution in [1.29, 1.82) is 0 Å². The van der Waals surface area contributed by atoms with Crippen molar-refractivity contribution in [1.82, 2.24) is 4.57 Å². The highest BCUT2D eigenvalue weighted by molar-refractivity contribution is 5.41. The van der Waals surface area contributed by atoms with Gasteiger partial charge in [-0.25, -0.2) is 4.39 Å². The fourth-order valence-corrected chi connectivity index (χ4v) is 1.65. The maximum absolute atomic E-state index is 13.2. The predicted molar refractivity (Wildman–Crippen MR) is 65.4 cm³/mol. The average molecular weight is 232 g/mol. The second kappa shape index (κ2) is 4.41. The fourth-order valence-electron chi connectivity index (χ4n) is 1.65. The Kier molecular flexibility index (Phi) is 2.95. The van der Waals surface area contributed by atoms with Crippen LogP contribution in [0.15, 0.2) is 41.3 Å². The molecule has 0 saturated carbocycles. The van der Waals surface area contributed by atoms with Gasteiger partial charge in [0, 0.05) is 11.8 Å². The number of hydrogen-bond acceptors (Lipinski definition) is 2. The summed E-state index contributed by atoms with van der Waals surface area (Å²) in [7, 11) is 0. The number of anilines is 1. The highest BCUT2D eigenvalue weighted by Crippen LogP contribution is 2.12. The quantitative estimate of drug-likeness (QED) is 0.804. The molecule has 1 aromatic carbocycles. The van der Waals surface area contributed by atoms with E-state index in [1.54, 1.807) is 35.9 Å². The standard InChI is InChI=1S/C13H13FN2O/c1-9-3-2-6-16(13(9)17)8-10-4-5-12(15)11(14)7-10/h2-7H,8,15H2,1H3. The predicted octanol–water partition coefficient (Wildman–Crippen LogP) is 1.93. The van der Waals surface area contributed by atoms with Gasteiger partial charge in [0.25, 0.3) is 5.56 Å². The lowest BCUT2D eigenvalue weighted by Crippen LogP contribution is -2.21. The summed E-state index contributed by atoms with van der Waals surface area (Å²) in [6.07, 6.45) is 1.68. The third-order valence-corrected chi connectivity index (χ3v) is 2.63. The summed E-state index contributed by atoms with van der Waals surface area (Å²) in [5.41, 5.74) is 6.83. The zero-order valence-electron chi connectivity index (χ0n) is 9.48. The molecule has 0 radical (unpaired) electrons. The molecule has 0 aliphatic heterocycles. The van der Waals surface area contributed by atoms with E-state index in [4.69, 9.17) is 5.73 Å². The summed E-state index contributed by atoms with van der Waals surface area (Å²) in [4.78, 5) is 11.8. The maximum Gasteiger partial charge on any atom is 0.253 e. The fraction of sp³-hybridized carbons (Fsp3) is 0.154. The molecule has 0 aliphatic carbocycles. The topological polar surface area (TPSA) is 48.0 Å². The molecular weight excluding hydrogens is 219 g/mol. The Morgan fingerprint density at radius 2 is 2.12 bits per heavy atom. The SMILES string of the molecule is Cc1cccn(Cc2ccc(N)c(F)c2)c1=O. The van der Waals surface area contributed by atoms with Crippen LogP contribution >= 0.6 is 0 Å². The largest absolute Gasteiger partial charge is 0.396 e. The van der Waals surface area contributed by atoms with Crippen molar-refractivity contribution in [3.05, 3.63) is 63.8 Å². The minimum Gasteiger partial charge on any atom is -0.396 e. The molecule has 0 bridgehead atoms. The van der Waals surface area contributed by atoms with Crippen LogP contribution in [0.25, 0.3) is 0 Å². The molecule has 1 aromatic heterocycles. The molecule has 1 heterocycles. The number of nitrogen functional groups attached to an aromatic ring is 1. The van der Waals surface area contributed by atoms with Crippen LogP contribution in [0, 0.1) is 12.7 Å². The van der Waals surface area contributed by atoms with E-state index in [9.17, 15) is 9.18 Å². The van der Waals surface area contributed by atoms with Crippen molar-refractivity contribution in [3.63, 3.8) is 0 Å². The Bertz CT molecular complexity index is 605. The smallest absolute Gasteiger partial charge is 0.253 e. The lowest BCUT2D eigenvalue weighted by molar-refractivity contribution is 0.627. The lowest BCUT2D eigenvalue weighted by atomic mass is 10.2. The Hall–Kier alpha value is -2.10. The van der Waals surface area contributed by atoms with Crippen LogP contribution in [0.3, 0.4) is 0 Å². The van der Waals surface area contributed by atoms with E-state index in [1.165, 1.54) is 12.1 Å². The van der Waals surface area contributed by atoms with Gasteiger partial charge in [0.2, 0.25) is 0 Å². The number of aryl methyl sites for hydroxylation is 1. The van der Waals surface area contributed by atoms with Crippen LogP contribution in [0.2, 0.25) is 0 Å².